The lowest BCUT2D eigenvalue weighted by molar-refractivity contribution is 0.0124. The summed E-state index contributed by atoms with van der Waals surface area (Å²) < 4.78 is 0. The molecule has 2 aliphatic carbocycles. The second-order valence-corrected chi connectivity index (χ2v) is 8.37. The largest absolute Gasteiger partial charge is 0.0628 e. The molecule has 2 rings (SSSR count). The van der Waals surface area contributed by atoms with Gasteiger partial charge in [0.05, 0.1) is 0 Å². The van der Waals surface area contributed by atoms with Crippen molar-refractivity contribution >= 4 is 0 Å². The zero-order chi connectivity index (χ0) is 14.0. The molecule has 0 heterocycles. The normalized spacial score (nSPS) is 37.4. The van der Waals surface area contributed by atoms with Gasteiger partial charge in [0.2, 0.25) is 0 Å². The first-order valence-electron chi connectivity index (χ1n) is 9.00. The second kappa shape index (κ2) is 6.64. The van der Waals surface area contributed by atoms with E-state index in [-0.39, 0.29) is 0 Å². The van der Waals surface area contributed by atoms with Crippen molar-refractivity contribution in [2.24, 2.45) is 41.4 Å². The lowest BCUT2D eigenvalue weighted by Crippen LogP contribution is -2.40. The Morgan fingerprint density at radius 3 is 2.11 bits per heavy atom. The fraction of sp³-hybridized carbons (Fsp3) is 1.00. The highest BCUT2D eigenvalue weighted by atomic mass is 14.5. The summed E-state index contributed by atoms with van der Waals surface area (Å²) in [6, 6.07) is 0. The fourth-order valence-corrected chi connectivity index (χ4v) is 5.38. The van der Waals surface area contributed by atoms with Crippen LogP contribution in [0.2, 0.25) is 0 Å². The quantitative estimate of drug-likeness (QED) is 0.570. The Hall–Kier alpha value is 0. The molecule has 5 atom stereocenters. The minimum absolute atomic E-state index is 0.869. The molecule has 0 aliphatic heterocycles. The molecule has 2 saturated carbocycles. The highest BCUT2D eigenvalue weighted by Crippen LogP contribution is 2.51. The SMILES string of the molecule is CC(C)CC(C(C)C)C1CCCC2C(C)CCCC21. The molecular weight excluding hydrogens is 228 g/mol. The van der Waals surface area contributed by atoms with E-state index >= 15 is 0 Å². The van der Waals surface area contributed by atoms with Crippen LogP contribution in [-0.2, 0) is 0 Å². The van der Waals surface area contributed by atoms with Gasteiger partial charge in [-0.2, -0.15) is 0 Å². The second-order valence-electron chi connectivity index (χ2n) is 8.37. The molecule has 0 nitrogen and oxygen atoms in total. The molecule has 0 aromatic rings. The van der Waals surface area contributed by atoms with Crippen LogP contribution in [0.5, 0.6) is 0 Å². The van der Waals surface area contributed by atoms with Crippen molar-refractivity contribution in [3.8, 4) is 0 Å². The van der Waals surface area contributed by atoms with Crippen LogP contribution in [0, 0.1) is 41.4 Å². The van der Waals surface area contributed by atoms with E-state index in [1.165, 1.54) is 38.5 Å². The predicted octanol–water partition coefficient (Wildman–Crippen LogP) is 6.16. The van der Waals surface area contributed by atoms with E-state index in [0.29, 0.717) is 0 Å². The first kappa shape index (κ1) is 15.4. The lowest BCUT2D eigenvalue weighted by Gasteiger charge is -2.48. The van der Waals surface area contributed by atoms with Crippen molar-refractivity contribution in [2.75, 3.05) is 0 Å². The average molecular weight is 264 g/mol. The first-order valence-corrected chi connectivity index (χ1v) is 9.00. The van der Waals surface area contributed by atoms with Crippen molar-refractivity contribution in [1.82, 2.24) is 0 Å². The Labute approximate surface area is 121 Å². The molecule has 0 N–H and O–H groups in total. The first-order chi connectivity index (χ1) is 9.00. The molecule has 112 valence electrons. The molecule has 0 spiro atoms. The van der Waals surface area contributed by atoms with Gasteiger partial charge in [0.1, 0.15) is 0 Å². The van der Waals surface area contributed by atoms with Crippen LogP contribution in [-0.4, -0.2) is 0 Å². The summed E-state index contributed by atoms with van der Waals surface area (Å²) in [6.07, 6.45) is 10.6. The van der Waals surface area contributed by atoms with Gasteiger partial charge in [-0.25, -0.2) is 0 Å². The molecular formula is C19H36. The molecule has 0 saturated heterocycles. The number of hydrogen-bond acceptors (Lipinski definition) is 0. The maximum absolute atomic E-state index is 2.53. The van der Waals surface area contributed by atoms with E-state index in [1.54, 1.807) is 6.42 Å². The van der Waals surface area contributed by atoms with Crippen LogP contribution < -0.4 is 0 Å². The average Bonchev–Trinajstić information content (AvgIpc) is 2.35. The van der Waals surface area contributed by atoms with Gasteiger partial charge in [-0.05, 0) is 67.1 Å². The van der Waals surface area contributed by atoms with Crippen LogP contribution in [0.25, 0.3) is 0 Å². The van der Waals surface area contributed by atoms with Gasteiger partial charge in [0.25, 0.3) is 0 Å². The van der Waals surface area contributed by atoms with Crippen LogP contribution in [0.4, 0.5) is 0 Å². The third kappa shape index (κ3) is 3.56. The standard InChI is InChI=1S/C19H36/c1-13(2)12-19(14(3)4)18-11-7-9-16-15(5)8-6-10-17(16)18/h13-19H,6-12H2,1-5H3. The molecule has 2 aliphatic rings. The summed E-state index contributed by atoms with van der Waals surface area (Å²) in [4.78, 5) is 0. The van der Waals surface area contributed by atoms with Gasteiger partial charge >= 0.3 is 0 Å². The van der Waals surface area contributed by atoms with E-state index < -0.39 is 0 Å². The predicted molar refractivity (Wildman–Crippen MR) is 85.1 cm³/mol. The zero-order valence-corrected chi connectivity index (χ0v) is 14.0. The Morgan fingerprint density at radius 1 is 0.842 bits per heavy atom. The van der Waals surface area contributed by atoms with Crippen molar-refractivity contribution in [2.45, 2.75) is 79.6 Å². The number of rotatable bonds is 4. The minimum atomic E-state index is 0.869. The van der Waals surface area contributed by atoms with E-state index in [9.17, 15) is 0 Å². The van der Waals surface area contributed by atoms with E-state index in [2.05, 4.69) is 34.6 Å². The molecule has 19 heavy (non-hydrogen) atoms. The fourth-order valence-electron chi connectivity index (χ4n) is 5.38. The summed E-state index contributed by atoms with van der Waals surface area (Å²) in [5.74, 6) is 6.93. The maximum atomic E-state index is 2.53. The molecule has 0 aromatic carbocycles. The van der Waals surface area contributed by atoms with E-state index in [1.807, 2.05) is 0 Å². The summed E-state index contributed by atoms with van der Waals surface area (Å²) in [7, 11) is 0. The smallest absolute Gasteiger partial charge is 0.0352 e. The maximum Gasteiger partial charge on any atom is -0.0352 e. The molecule has 0 aromatic heterocycles. The topological polar surface area (TPSA) is 0 Å². The lowest BCUT2D eigenvalue weighted by atomic mass is 9.57. The van der Waals surface area contributed by atoms with Gasteiger partial charge in [-0.1, -0.05) is 53.9 Å². The van der Waals surface area contributed by atoms with E-state index in [4.69, 9.17) is 0 Å². The highest BCUT2D eigenvalue weighted by molar-refractivity contribution is 4.91. The van der Waals surface area contributed by atoms with Crippen LogP contribution in [0.1, 0.15) is 79.6 Å². The Bertz CT molecular complexity index is 263. The molecule has 5 unspecified atom stereocenters. The van der Waals surface area contributed by atoms with Gasteiger partial charge in [0, 0.05) is 0 Å². The monoisotopic (exact) mass is 264 g/mol. The van der Waals surface area contributed by atoms with Crippen molar-refractivity contribution in [3.63, 3.8) is 0 Å². The van der Waals surface area contributed by atoms with Crippen molar-refractivity contribution < 1.29 is 0 Å². The highest BCUT2D eigenvalue weighted by Gasteiger charge is 2.41. The Balaban J connectivity index is 2.11. The Kier molecular flexibility index (Phi) is 5.37. The third-order valence-corrected chi connectivity index (χ3v) is 6.25. The molecule has 0 bridgehead atoms. The summed E-state index contributed by atoms with van der Waals surface area (Å²) in [5.41, 5.74) is 0. The van der Waals surface area contributed by atoms with Gasteiger partial charge in [-0.15, -0.1) is 0 Å². The van der Waals surface area contributed by atoms with Crippen molar-refractivity contribution in [3.05, 3.63) is 0 Å². The van der Waals surface area contributed by atoms with Gasteiger partial charge in [0.15, 0.2) is 0 Å². The van der Waals surface area contributed by atoms with Crippen LogP contribution in [0.3, 0.4) is 0 Å². The molecule has 0 heteroatoms. The number of hydrogen-bond donors (Lipinski definition) is 0. The molecule has 2 fully saturated rings. The van der Waals surface area contributed by atoms with E-state index in [0.717, 1.165) is 41.4 Å². The zero-order valence-electron chi connectivity index (χ0n) is 14.0. The summed E-state index contributed by atoms with van der Waals surface area (Å²) in [5, 5.41) is 0. The molecule has 0 radical (unpaired) electrons. The van der Waals surface area contributed by atoms with Gasteiger partial charge in [-0.3, -0.25) is 0 Å². The van der Waals surface area contributed by atoms with Crippen LogP contribution >= 0.6 is 0 Å². The summed E-state index contributed by atoms with van der Waals surface area (Å²) >= 11 is 0. The third-order valence-electron chi connectivity index (χ3n) is 6.25. The van der Waals surface area contributed by atoms with Crippen LogP contribution in [0.15, 0.2) is 0 Å². The Morgan fingerprint density at radius 2 is 1.47 bits per heavy atom. The number of fused-ring (bicyclic) bond motifs is 1. The minimum Gasteiger partial charge on any atom is -0.0628 e. The van der Waals surface area contributed by atoms with Crippen molar-refractivity contribution in [1.29, 1.82) is 0 Å². The summed E-state index contributed by atoms with van der Waals surface area (Å²) in [6.45, 7) is 12.3. The van der Waals surface area contributed by atoms with Gasteiger partial charge < -0.3 is 0 Å². The molecule has 0 amide bonds.